The summed E-state index contributed by atoms with van der Waals surface area (Å²) < 4.78 is 2.66. The Morgan fingerprint density at radius 1 is 0.467 bits per heavy atom. The number of anilines is 3. The summed E-state index contributed by atoms with van der Waals surface area (Å²) in [5.74, 6) is 0. The molecule has 1 aliphatic carbocycles. The van der Waals surface area contributed by atoms with Gasteiger partial charge in [0.2, 0.25) is 0 Å². The third-order valence-electron chi connectivity index (χ3n) is 9.64. The van der Waals surface area contributed by atoms with E-state index in [0.29, 0.717) is 0 Å². The van der Waals surface area contributed by atoms with Crippen molar-refractivity contribution in [2.75, 3.05) is 4.90 Å². The molecule has 0 amide bonds. The Morgan fingerprint density at radius 2 is 1.16 bits per heavy atom. The Bertz CT molecular complexity index is 2410. The zero-order valence-corrected chi connectivity index (χ0v) is 26.1. The number of hydrogen-bond acceptors (Lipinski definition) is 2. The smallest absolute Gasteiger partial charge is 0.0468 e. The van der Waals surface area contributed by atoms with Crippen molar-refractivity contribution in [2.24, 2.45) is 0 Å². The van der Waals surface area contributed by atoms with Crippen LogP contribution in [0.25, 0.3) is 53.2 Å². The van der Waals surface area contributed by atoms with Crippen molar-refractivity contribution in [3.8, 4) is 22.3 Å². The maximum Gasteiger partial charge on any atom is 0.0468 e. The van der Waals surface area contributed by atoms with E-state index >= 15 is 0 Å². The van der Waals surface area contributed by atoms with Crippen molar-refractivity contribution in [1.82, 2.24) is 0 Å². The SMILES string of the molecule is CC1(C)c2ccccc2-c2ccc(N(c3cccc(-c4ccccc4)c3)c3ccc4ccc5sc6ccccc6c5c4c3)cc21. The number of benzene rings is 7. The van der Waals surface area contributed by atoms with Gasteiger partial charge in [0.25, 0.3) is 0 Å². The van der Waals surface area contributed by atoms with E-state index in [1.165, 1.54) is 70.0 Å². The van der Waals surface area contributed by atoms with Crippen LogP contribution in [0.15, 0.2) is 152 Å². The summed E-state index contributed by atoms with van der Waals surface area (Å²) in [5, 5.41) is 5.23. The van der Waals surface area contributed by atoms with Crippen LogP contribution in [0.5, 0.6) is 0 Å². The Labute approximate surface area is 267 Å². The van der Waals surface area contributed by atoms with E-state index in [4.69, 9.17) is 0 Å². The lowest BCUT2D eigenvalue weighted by Gasteiger charge is -2.29. The van der Waals surface area contributed by atoms with Gasteiger partial charge in [-0.2, -0.15) is 0 Å². The first-order valence-corrected chi connectivity index (χ1v) is 16.4. The van der Waals surface area contributed by atoms with Crippen molar-refractivity contribution in [2.45, 2.75) is 19.3 Å². The summed E-state index contributed by atoms with van der Waals surface area (Å²) in [6, 6.07) is 55.9. The van der Waals surface area contributed by atoms with E-state index in [1.54, 1.807) is 0 Å². The molecule has 0 fully saturated rings. The minimum absolute atomic E-state index is 0.0787. The maximum atomic E-state index is 2.44. The molecule has 0 saturated heterocycles. The van der Waals surface area contributed by atoms with Gasteiger partial charge in [0.15, 0.2) is 0 Å². The molecule has 0 spiro atoms. The van der Waals surface area contributed by atoms with Crippen LogP contribution in [0, 0.1) is 0 Å². The summed E-state index contributed by atoms with van der Waals surface area (Å²) in [5.41, 5.74) is 11.3. The van der Waals surface area contributed by atoms with Crippen LogP contribution in [-0.4, -0.2) is 0 Å². The lowest BCUT2D eigenvalue weighted by molar-refractivity contribution is 0.660. The quantitative estimate of drug-likeness (QED) is 0.196. The average molecular weight is 594 g/mol. The fraction of sp³-hybridized carbons (Fsp3) is 0.0698. The van der Waals surface area contributed by atoms with Gasteiger partial charge in [0, 0.05) is 42.6 Å². The highest BCUT2D eigenvalue weighted by atomic mass is 32.1. The second kappa shape index (κ2) is 9.92. The number of thiophene rings is 1. The van der Waals surface area contributed by atoms with E-state index in [9.17, 15) is 0 Å². The molecule has 8 aromatic rings. The zero-order chi connectivity index (χ0) is 30.1. The van der Waals surface area contributed by atoms with Crippen LogP contribution >= 0.6 is 11.3 Å². The average Bonchev–Trinajstić information content (AvgIpc) is 3.58. The van der Waals surface area contributed by atoms with Gasteiger partial charge in [0.05, 0.1) is 0 Å². The third-order valence-corrected chi connectivity index (χ3v) is 10.8. The molecule has 2 heteroatoms. The van der Waals surface area contributed by atoms with Gasteiger partial charge in [-0.1, -0.05) is 117 Å². The van der Waals surface area contributed by atoms with Gasteiger partial charge in [-0.3, -0.25) is 0 Å². The predicted octanol–water partition coefficient (Wildman–Crippen LogP) is 12.7. The van der Waals surface area contributed by atoms with Crippen LogP contribution in [0.3, 0.4) is 0 Å². The van der Waals surface area contributed by atoms with Gasteiger partial charge in [-0.25, -0.2) is 0 Å². The van der Waals surface area contributed by atoms with Crippen molar-refractivity contribution in [1.29, 1.82) is 0 Å². The molecule has 1 heterocycles. The molecule has 0 unspecified atom stereocenters. The molecular formula is C43H31NS. The largest absolute Gasteiger partial charge is 0.310 e. The second-order valence-electron chi connectivity index (χ2n) is 12.6. The molecular weight excluding hydrogens is 563 g/mol. The van der Waals surface area contributed by atoms with E-state index < -0.39 is 0 Å². The summed E-state index contributed by atoms with van der Waals surface area (Å²) in [6.45, 7) is 4.71. The van der Waals surface area contributed by atoms with Crippen LogP contribution in [0.4, 0.5) is 17.1 Å². The maximum absolute atomic E-state index is 2.44. The summed E-state index contributed by atoms with van der Waals surface area (Å²) in [7, 11) is 0. The standard InChI is InChI=1S/C43H31NS/c1-43(2)38-17-8-6-15-34(38)35-23-22-33(27-39(35)43)44(31-14-10-13-30(25-31)28-11-4-3-5-12-28)32-21-19-29-20-24-41-42(37(29)26-32)36-16-7-9-18-40(36)45-41/h3-27H,1-2H3. The predicted molar refractivity (Wildman–Crippen MR) is 195 cm³/mol. The van der Waals surface area contributed by atoms with Crippen LogP contribution < -0.4 is 4.90 Å². The van der Waals surface area contributed by atoms with E-state index in [-0.39, 0.29) is 5.41 Å². The number of nitrogens with zero attached hydrogens (tertiary/aromatic N) is 1. The Kier molecular flexibility index (Phi) is 5.78. The monoisotopic (exact) mass is 593 g/mol. The van der Waals surface area contributed by atoms with Crippen molar-refractivity contribution in [3.63, 3.8) is 0 Å². The molecule has 45 heavy (non-hydrogen) atoms. The molecule has 0 saturated carbocycles. The van der Waals surface area contributed by atoms with Crippen LogP contribution in [0.1, 0.15) is 25.0 Å². The molecule has 0 bridgehead atoms. The van der Waals surface area contributed by atoms with E-state index in [0.717, 1.165) is 11.4 Å². The van der Waals surface area contributed by atoms with Crippen molar-refractivity contribution < 1.29 is 0 Å². The second-order valence-corrected chi connectivity index (χ2v) is 13.7. The third kappa shape index (κ3) is 4.06. The van der Waals surface area contributed by atoms with E-state index in [2.05, 4.69) is 170 Å². The van der Waals surface area contributed by atoms with Gasteiger partial charge in [-0.05, 0) is 92.7 Å². The fourth-order valence-corrected chi connectivity index (χ4v) is 8.53. The molecule has 1 aromatic heterocycles. The molecule has 0 atom stereocenters. The van der Waals surface area contributed by atoms with Crippen molar-refractivity contribution >= 4 is 59.3 Å². The summed E-state index contributed by atoms with van der Waals surface area (Å²) >= 11 is 1.88. The van der Waals surface area contributed by atoms with E-state index in [1.807, 2.05) is 11.3 Å². The van der Waals surface area contributed by atoms with Gasteiger partial charge in [0.1, 0.15) is 0 Å². The van der Waals surface area contributed by atoms with Gasteiger partial charge < -0.3 is 4.90 Å². The lowest BCUT2D eigenvalue weighted by atomic mass is 9.82. The highest BCUT2D eigenvalue weighted by Gasteiger charge is 2.35. The number of hydrogen-bond donors (Lipinski definition) is 0. The summed E-state index contributed by atoms with van der Waals surface area (Å²) in [4.78, 5) is 2.44. The van der Waals surface area contributed by atoms with Gasteiger partial charge >= 0.3 is 0 Å². The molecule has 0 aliphatic heterocycles. The topological polar surface area (TPSA) is 3.24 Å². The van der Waals surface area contributed by atoms with Crippen LogP contribution in [-0.2, 0) is 5.41 Å². The minimum atomic E-state index is -0.0787. The molecule has 7 aromatic carbocycles. The Morgan fingerprint density at radius 3 is 2.07 bits per heavy atom. The van der Waals surface area contributed by atoms with Gasteiger partial charge in [-0.15, -0.1) is 11.3 Å². The molecule has 0 radical (unpaired) electrons. The lowest BCUT2D eigenvalue weighted by Crippen LogP contribution is -2.16. The Hall–Kier alpha value is -5.18. The number of rotatable bonds is 4. The first kappa shape index (κ1) is 26.2. The number of fused-ring (bicyclic) bond motifs is 8. The molecule has 214 valence electrons. The highest BCUT2D eigenvalue weighted by molar-refractivity contribution is 7.26. The fourth-order valence-electron chi connectivity index (χ4n) is 7.40. The first-order chi connectivity index (χ1) is 22.1. The zero-order valence-electron chi connectivity index (χ0n) is 25.3. The normalized spacial score (nSPS) is 13.3. The Balaban J connectivity index is 1.29. The van der Waals surface area contributed by atoms with Crippen molar-refractivity contribution in [3.05, 3.63) is 163 Å². The molecule has 1 aliphatic rings. The molecule has 0 N–H and O–H groups in total. The molecule has 1 nitrogen and oxygen atoms in total. The minimum Gasteiger partial charge on any atom is -0.310 e. The van der Waals surface area contributed by atoms with Crippen LogP contribution in [0.2, 0.25) is 0 Å². The highest BCUT2D eigenvalue weighted by Crippen LogP contribution is 2.51. The molecule has 9 rings (SSSR count). The first-order valence-electron chi connectivity index (χ1n) is 15.6. The summed E-state index contributed by atoms with van der Waals surface area (Å²) in [6.07, 6.45) is 0.